The van der Waals surface area contributed by atoms with E-state index in [2.05, 4.69) is 5.32 Å². The van der Waals surface area contributed by atoms with E-state index in [-0.39, 0.29) is 22.0 Å². The molecule has 0 heterocycles. The number of nitriles is 1. The van der Waals surface area contributed by atoms with Crippen LogP contribution in [-0.4, -0.2) is 52.5 Å². The third-order valence-electron chi connectivity index (χ3n) is 2.76. The fourth-order valence-corrected chi connectivity index (χ4v) is 2.88. The van der Waals surface area contributed by atoms with Crippen LogP contribution < -0.4 is 5.32 Å². The molecule has 0 atom stereocenters. The highest BCUT2D eigenvalue weighted by Crippen LogP contribution is 2.21. The van der Waals surface area contributed by atoms with E-state index in [0.717, 1.165) is 4.31 Å². The predicted molar refractivity (Wildman–Crippen MR) is 80.9 cm³/mol. The fourth-order valence-electron chi connectivity index (χ4n) is 1.57. The Morgan fingerprint density at radius 2 is 2.18 bits per heavy atom. The van der Waals surface area contributed by atoms with Gasteiger partial charge in [-0.15, -0.1) is 0 Å². The Bertz CT molecular complexity index is 685. The van der Waals surface area contributed by atoms with Crippen LogP contribution in [0.25, 0.3) is 0 Å². The number of carbonyl (C=O) groups excluding carboxylic acids is 1. The predicted octanol–water partition coefficient (Wildman–Crippen LogP) is 0.595. The van der Waals surface area contributed by atoms with E-state index in [1.54, 1.807) is 0 Å². The van der Waals surface area contributed by atoms with Crippen molar-refractivity contribution in [3.05, 3.63) is 28.8 Å². The Labute approximate surface area is 134 Å². The number of hydrogen-bond donors (Lipinski definition) is 1. The summed E-state index contributed by atoms with van der Waals surface area (Å²) in [5.74, 6) is -0.447. The highest BCUT2D eigenvalue weighted by atomic mass is 35.5. The van der Waals surface area contributed by atoms with Gasteiger partial charge in [-0.3, -0.25) is 4.79 Å². The van der Waals surface area contributed by atoms with Crippen molar-refractivity contribution in [1.82, 2.24) is 9.62 Å². The van der Waals surface area contributed by atoms with Crippen molar-refractivity contribution in [3.63, 3.8) is 0 Å². The topological polar surface area (TPSA) is 99.5 Å². The van der Waals surface area contributed by atoms with Crippen LogP contribution in [-0.2, 0) is 19.6 Å². The molecule has 0 saturated carbocycles. The second kappa shape index (κ2) is 8.10. The molecule has 0 saturated heterocycles. The third-order valence-corrected chi connectivity index (χ3v) is 4.89. The zero-order chi connectivity index (χ0) is 16.8. The summed E-state index contributed by atoms with van der Waals surface area (Å²) in [6.45, 7) is 0.296. The van der Waals surface area contributed by atoms with Gasteiger partial charge in [0, 0.05) is 20.7 Å². The van der Waals surface area contributed by atoms with Crippen LogP contribution >= 0.6 is 11.6 Å². The number of nitrogens with one attached hydrogen (secondary N) is 1. The van der Waals surface area contributed by atoms with Gasteiger partial charge in [0.25, 0.3) is 0 Å². The number of carbonyl (C=O) groups is 1. The van der Waals surface area contributed by atoms with Gasteiger partial charge in [0.15, 0.2) is 0 Å². The van der Waals surface area contributed by atoms with Crippen LogP contribution in [0.1, 0.15) is 5.56 Å². The fraction of sp³-hybridized carbons (Fsp3) is 0.385. The van der Waals surface area contributed by atoms with E-state index in [1.807, 2.05) is 6.07 Å². The number of methoxy groups -OCH3 is 1. The quantitative estimate of drug-likeness (QED) is 0.729. The second-order valence-electron chi connectivity index (χ2n) is 4.36. The molecule has 0 aliphatic carbocycles. The zero-order valence-electron chi connectivity index (χ0n) is 12.2. The number of benzene rings is 1. The van der Waals surface area contributed by atoms with Crippen LogP contribution in [0.3, 0.4) is 0 Å². The molecule has 0 radical (unpaired) electrons. The first-order chi connectivity index (χ1) is 10.3. The molecule has 1 amide bonds. The zero-order valence-corrected chi connectivity index (χ0v) is 13.7. The Morgan fingerprint density at radius 3 is 2.77 bits per heavy atom. The van der Waals surface area contributed by atoms with Gasteiger partial charge in [0.1, 0.15) is 6.07 Å². The Kier molecular flexibility index (Phi) is 6.77. The summed E-state index contributed by atoms with van der Waals surface area (Å²) in [6.07, 6.45) is 0. The molecule has 1 rings (SSSR count). The lowest BCUT2D eigenvalue weighted by Crippen LogP contribution is -2.39. The smallest absolute Gasteiger partial charge is 0.243 e. The monoisotopic (exact) mass is 345 g/mol. The maximum Gasteiger partial charge on any atom is 0.243 e. The molecule has 1 aromatic carbocycles. The molecule has 120 valence electrons. The van der Waals surface area contributed by atoms with Crippen molar-refractivity contribution >= 4 is 27.5 Å². The number of halogens is 1. The number of ether oxygens (including phenoxy) is 1. The summed E-state index contributed by atoms with van der Waals surface area (Å²) in [5.41, 5.74) is 0.0562. The van der Waals surface area contributed by atoms with Crippen molar-refractivity contribution in [2.75, 3.05) is 33.9 Å². The second-order valence-corrected chi connectivity index (χ2v) is 6.81. The lowest BCUT2D eigenvalue weighted by molar-refractivity contribution is -0.121. The van der Waals surface area contributed by atoms with Crippen molar-refractivity contribution in [1.29, 1.82) is 5.26 Å². The van der Waals surface area contributed by atoms with Gasteiger partial charge < -0.3 is 10.1 Å². The molecule has 0 unspecified atom stereocenters. The highest BCUT2D eigenvalue weighted by molar-refractivity contribution is 7.89. The molecule has 0 aliphatic rings. The minimum atomic E-state index is -3.88. The molecule has 1 N–H and O–H groups in total. The van der Waals surface area contributed by atoms with Gasteiger partial charge in [-0.1, -0.05) is 11.6 Å². The summed E-state index contributed by atoms with van der Waals surface area (Å²) in [7, 11) is -1.10. The van der Waals surface area contributed by atoms with Gasteiger partial charge in [-0.25, -0.2) is 8.42 Å². The molecule has 1 aromatic rings. The molecule has 9 heteroatoms. The van der Waals surface area contributed by atoms with Gasteiger partial charge in [0.05, 0.1) is 28.6 Å². The van der Waals surface area contributed by atoms with Crippen molar-refractivity contribution in [2.45, 2.75) is 4.90 Å². The van der Waals surface area contributed by atoms with Crippen LogP contribution in [0.15, 0.2) is 23.1 Å². The maximum absolute atomic E-state index is 12.3. The standard InChI is InChI=1S/C13H16ClN3O4S/c1-17(9-13(18)16-5-6-21-2)22(19,20)11-3-4-12(14)10(7-11)8-15/h3-4,7H,5-6,9H2,1-2H3,(H,16,18). The highest BCUT2D eigenvalue weighted by Gasteiger charge is 2.23. The van der Waals surface area contributed by atoms with E-state index in [0.29, 0.717) is 13.2 Å². The first-order valence-corrected chi connectivity index (χ1v) is 8.06. The summed E-state index contributed by atoms with van der Waals surface area (Å²) in [4.78, 5) is 11.5. The minimum Gasteiger partial charge on any atom is -0.383 e. The van der Waals surface area contributed by atoms with Crippen LogP contribution in [0.5, 0.6) is 0 Å². The molecule has 0 aromatic heterocycles. The van der Waals surface area contributed by atoms with Gasteiger partial charge in [-0.05, 0) is 18.2 Å². The number of sulfonamides is 1. The molecule has 0 spiro atoms. The lowest BCUT2D eigenvalue weighted by Gasteiger charge is -2.17. The number of nitrogens with zero attached hydrogens (tertiary/aromatic N) is 2. The molecular formula is C13H16ClN3O4S. The average molecular weight is 346 g/mol. The molecule has 0 aliphatic heterocycles. The van der Waals surface area contributed by atoms with Gasteiger partial charge in [0.2, 0.25) is 15.9 Å². The first-order valence-electron chi connectivity index (χ1n) is 6.24. The number of likely N-dealkylation sites (N-methyl/N-ethyl adjacent to an activating group) is 1. The molecular weight excluding hydrogens is 330 g/mol. The summed E-state index contributed by atoms with van der Waals surface area (Å²) >= 11 is 5.77. The van der Waals surface area contributed by atoms with E-state index >= 15 is 0 Å². The average Bonchev–Trinajstić information content (AvgIpc) is 2.47. The SMILES string of the molecule is COCCNC(=O)CN(C)S(=O)(=O)c1ccc(Cl)c(C#N)c1. The lowest BCUT2D eigenvalue weighted by atomic mass is 10.2. The van der Waals surface area contributed by atoms with E-state index < -0.39 is 15.9 Å². The normalized spacial score (nSPS) is 11.2. The minimum absolute atomic E-state index is 0.0562. The Balaban J connectivity index is 2.85. The summed E-state index contributed by atoms with van der Waals surface area (Å²) < 4.78 is 30.4. The van der Waals surface area contributed by atoms with Crippen molar-refractivity contribution in [2.24, 2.45) is 0 Å². The molecule has 7 nitrogen and oxygen atoms in total. The largest absolute Gasteiger partial charge is 0.383 e. The van der Waals surface area contributed by atoms with E-state index in [4.69, 9.17) is 21.6 Å². The summed E-state index contributed by atoms with van der Waals surface area (Å²) in [5, 5.41) is 11.6. The van der Waals surface area contributed by atoms with Crippen LogP contribution in [0.2, 0.25) is 5.02 Å². The Hall–Kier alpha value is -1.66. The van der Waals surface area contributed by atoms with E-state index in [9.17, 15) is 13.2 Å². The van der Waals surface area contributed by atoms with Crippen LogP contribution in [0.4, 0.5) is 0 Å². The maximum atomic E-state index is 12.3. The van der Waals surface area contributed by atoms with Crippen molar-refractivity contribution < 1.29 is 17.9 Å². The third kappa shape index (κ3) is 4.68. The number of amides is 1. The van der Waals surface area contributed by atoms with Gasteiger partial charge in [-0.2, -0.15) is 9.57 Å². The first kappa shape index (κ1) is 18.4. The number of rotatable bonds is 7. The van der Waals surface area contributed by atoms with Gasteiger partial charge >= 0.3 is 0 Å². The summed E-state index contributed by atoms with van der Waals surface area (Å²) in [6, 6.07) is 5.61. The Morgan fingerprint density at radius 1 is 1.50 bits per heavy atom. The number of hydrogen-bond acceptors (Lipinski definition) is 5. The molecule has 22 heavy (non-hydrogen) atoms. The van der Waals surface area contributed by atoms with Crippen molar-refractivity contribution in [3.8, 4) is 6.07 Å². The van der Waals surface area contributed by atoms with E-state index in [1.165, 1.54) is 32.4 Å². The van der Waals surface area contributed by atoms with Crippen LogP contribution in [0, 0.1) is 11.3 Å². The molecule has 0 bridgehead atoms. The molecule has 0 fully saturated rings.